The van der Waals surface area contributed by atoms with Gasteiger partial charge in [0.05, 0.1) is 7.11 Å². The van der Waals surface area contributed by atoms with Crippen molar-refractivity contribution in [2.45, 2.75) is 19.5 Å². The topological polar surface area (TPSA) is 39.7 Å². The van der Waals surface area contributed by atoms with Crippen LogP contribution in [-0.4, -0.2) is 13.9 Å². The van der Waals surface area contributed by atoms with Crippen molar-refractivity contribution in [2.75, 3.05) is 13.9 Å². The lowest BCUT2D eigenvalue weighted by molar-refractivity contribution is 0.171. The quantitative estimate of drug-likeness (QED) is 0.917. The van der Waals surface area contributed by atoms with Crippen molar-refractivity contribution in [1.29, 1.82) is 0 Å². The Morgan fingerprint density at radius 2 is 2.30 bits per heavy atom. The normalized spacial score (nSPS) is 14.3. The number of thiophene rings is 1. The van der Waals surface area contributed by atoms with Crippen molar-refractivity contribution in [3.8, 4) is 17.2 Å². The maximum atomic E-state index is 5.43. The van der Waals surface area contributed by atoms with Crippen LogP contribution in [0.5, 0.6) is 17.2 Å². The first-order chi connectivity index (χ1) is 9.78. The van der Waals surface area contributed by atoms with Crippen molar-refractivity contribution in [1.82, 2.24) is 5.32 Å². The van der Waals surface area contributed by atoms with E-state index < -0.39 is 0 Å². The van der Waals surface area contributed by atoms with Gasteiger partial charge in [-0.3, -0.25) is 0 Å². The molecule has 1 atom stereocenters. The number of benzene rings is 1. The molecule has 1 aliphatic rings. The summed E-state index contributed by atoms with van der Waals surface area (Å²) >= 11 is 1.72. The average molecular weight is 291 g/mol. The number of rotatable bonds is 5. The fourth-order valence-electron chi connectivity index (χ4n) is 2.20. The van der Waals surface area contributed by atoms with Crippen molar-refractivity contribution >= 4 is 11.3 Å². The van der Waals surface area contributed by atoms with Crippen molar-refractivity contribution < 1.29 is 14.2 Å². The summed E-state index contributed by atoms with van der Waals surface area (Å²) in [4.78, 5) is 0. The summed E-state index contributed by atoms with van der Waals surface area (Å²) in [6.07, 6.45) is 0. The first-order valence-corrected chi connectivity index (χ1v) is 7.44. The Bertz CT molecular complexity index is 583. The van der Waals surface area contributed by atoms with Crippen LogP contribution in [0.25, 0.3) is 0 Å². The molecule has 3 rings (SSSR count). The standard InChI is InChI=1S/C15H17NO3S/c1-10(12-3-4-20-8-12)16-7-11-5-13(17-2)15-14(6-11)18-9-19-15/h3-6,8,10,16H,7,9H2,1-2H3. The van der Waals surface area contributed by atoms with Crippen molar-refractivity contribution in [3.05, 3.63) is 40.1 Å². The molecule has 0 saturated carbocycles. The molecule has 0 radical (unpaired) electrons. The monoisotopic (exact) mass is 291 g/mol. The van der Waals surface area contributed by atoms with Gasteiger partial charge in [0.25, 0.3) is 0 Å². The molecule has 0 amide bonds. The number of methoxy groups -OCH3 is 1. The molecule has 0 fully saturated rings. The second kappa shape index (κ2) is 5.73. The summed E-state index contributed by atoms with van der Waals surface area (Å²) in [7, 11) is 1.64. The van der Waals surface area contributed by atoms with Crippen LogP contribution in [0.15, 0.2) is 29.0 Å². The third-order valence-electron chi connectivity index (χ3n) is 3.37. The summed E-state index contributed by atoms with van der Waals surface area (Å²) in [5.41, 5.74) is 2.43. The third kappa shape index (κ3) is 2.59. The lowest BCUT2D eigenvalue weighted by Crippen LogP contribution is -2.17. The third-order valence-corrected chi connectivity index (χ3v) is 4.08. The maximum absolute atomic E-state index is 5.43. The minimum Gasteiger partial charge on any atom is -0.493 e. The molecule has 0 saturated heterocycles. The van der Waals surface area contributed by atoms with E-state index in [0.717, 1.165) is 23.6 Å². The number of hydrogen-bond acceptors (Lipinski definition) is 5. The summed E-state index contributed by atoms with van der Waals surface area (Å²) in [6.45, 7) is 3.17. The second-order valence-electron chi connectivity index (χ2n) is 4.69. The van der Waals surface area contributed by atoms with E-state index in [1.54, 1.807) is 18.4 Å². The van der Waals surface area contributed by atoms with Gasteiger partial charge >= 0.3 is 0 Å². The highest BCUT2D eigenvalue weighted by atomic mass is 32.1. The zero-order chi connectivity index (χ0) is 13.9. The van der Waals surface area contributed by atoms with Crippen LogP contribution in [0.4, 0.5) is 0 Å². The molecule has 1 N–H and O–H groups in total. The van der Waals surface area contributed by atoms with Crippen LogP contribution in [0.2, 0.25) is 0 Å². The highest BCUT2D eigenvalue weighted by Gasteiger charge is 2.20. The second-order valence-corrected chi connectivity index (χ2v) is 5.47. The first kappa shape index (κ1) is 13.3. The van der Waals surface area contributed by atoms with Crippen LogP contribution in [0, 0.1) is 0 Å². The van der Waals surface area contributed by atoms with Gasteiger partial charge in [-0.15, -0.1) is 0 Å². The largest absolute Gasteiger partial charge is 0.493 e. The van der Waals surface area contributed by atoms with Gasteiger partial charge in [0, 0.05) is 12.6 Å². The molecule has 1 unspecified atom stereocenters. The van der Waals surface area contributed by atoms with Gasteiger partial charge in [0.2, 0.25) is 12.5 Å². The molecule has 20 heavy (non-hydrogen) atoms. The summed E-state index contributed by atoms with van der Waals surface area (Å²) in [6, 6.07) is 6.44. The molecule has 1 aromatic carbocycles. The van der Waals surface area contributed by atoms with Crippen LogP contribution in [0.1, 0.15) is 24.1 Å². The van der Waals surface area contributed by atoms with E-state index >= 15 is 0 Å². The lowest BCUT2D eigenvalue weighted by atomic mass is 10.1. The van der Waals surface area contributed by atoms with Gasteiger partial charge in [-0.25, -0.2) is 0 Å². The van der Waals surface area contributed by atoms with E-state index in [2.05, 4.69) is 29.1 Å². The molecule has 5 heteroatoms. The molecule has 1 aromatic heterocycles. The Labute approximate surface area is 122 Å². The van der Waals surface area contributed by atoms with Gasteiger partial charge in [-0.1, -0.05) is 0 Å². The van der Waals surface area contributed by atoms with Crippen LogP contribution in [0.3, 0.4) is 0 Å². The van der Waals surface area contributed by atoms with E-state index in [1.807, 2.05) is 12.1 Å². The number of fused-ring (bicyclic) bond motifs is 1. The molecule has 0 aliphatic carbocycles. The Morgan fingerprint density at radius 1 is 1.40 bits per heavy atom. The molecular formula is C15H17NO3S. The van der Waals surface area contributed by atoms with Gasteiger partial charge in [-0.05, 0) is 47.0 Å². The van der Waals surface area contributed by atoms with E-state index in [0.29, 0.717) is 11.8 Å². The van der Waals surface area contributed by atoms with E-state index in [-0.39, 0.29) is 6.79 Å². The Hall–Kier alpha value is -1.72. The van der Waals surface area contributed by atoms with Crippen molar-refractivity contribution in [3.63, 3.8) is 0 Å². The van der Waals surface area contributed by atoms with Gasteiger partial charge in [0.1, 0.15) is 0 Å². The smallest absolute Gasteiger partial charge is 0.231 e. The summed E-state index contributed by atoms with van der Waals surface area (Å²) in [5, 5.41) is 7.76. The van der Waals surface area contributed by atoms with Crippen LogP contribution >= 0.6 is 11.3 Å². The fourth-order valence-corrected chi connectivity index (χ4v) is 2.95. The molecular weight excluding hydrogens is 274 g/mol. The van der Waals surface area contributed by atoms with Crippen molar-refractivity contribution in [2.24, 2.45) is 0 Å². The first-order valence-electron chi connectivity index (χ1n) is 6.50. The zero-order valence-corrected chi connectivity index (χ0v) is 12.3. The summed E-state index contributed by atoms with van der Waals surface area (Å²) in [5.74, 6) is 2.17. The van der Waals surface area contributed by atoms with E-state index in [4.69, 9.17) is 14.2 Å². The Balaban J connectivity index is 1.72. The van der Waals surface area contributed by atoms with E-state index in [9.17, 15) is 0 Å². The predicted octanol–water partition coefficient (Wildman–Crippen LogP) is 3.34. The van der Waals surface area contributed by atoms with Gasteiger partial charge in [0.15, 0.2) is 11.5 Å². The average Bonchev–Trinajstić information content (AvgIpc) is 3.14. The summed E-state index contributed by atoms with van der Waals surface area (Å²) < 4.78 is 16.2. The number of ether oxygens (including phenoxy) is 3. The zero-order valence-electron chi connectivity index (χ0n) is 11.5. The molecule has 0 bridgehead atoms. The Kier molecular flexibility index (Phi) is 3.80. The highest BCUT2D eigenvalue weighted by molar-refractivity contribution is 7.07. The maximum Gasteiger partial charge on any atom is 0.231 e. The minimum atomic E-state index is 0.258. The molecule has 4 nitrogen and oxygen atoms in total. The lowest BCUT2D eigenvalue weighted by Gasteiger charge is -2.14. The molecule has 0 spiro atoms. The minimum absolute atomic E-state index is 0.258. The van der Waals surface area contributed by atoms with Gasteiger partial charge in [-0.2, -0.15) is 11.3 Å². The highest BCUT2D eigenvalue weighted by Crippen LogP contribution is 2.41. The molecule has 106 valence electrons. The molecule has 1 aliphatic heterocycles. The fraction of sp³-hybridized carbons (Fsp3) is 0.333. The molecule has 2 heterocycles. The van der Waals surface area contributed by atoms with Crippen LogP contribution in [-0.2, 0) is 6.54 Å². The number of hydrogen-bond donors (Lipinski definition) is 1. The number of nitrogens with one attached hydrogen (secondary N) is 1. The van der Waals surface area contributed by atoms with Crippen LogP contribution < -0.4 is 19.5 Å². The van der Waals surface area contributed by atoms with E-state index in [1.165, 1.54) is 5.56 Å². The predicted molar refractivity (Wildman–Crippen MR) is 78.7 cm³/mol. The Morgan fingerprint density at radius 3 is 3.05 bits per heavy atom. The van der Waals surface area contributed by atoms with Gasteiger partial charge < -0.3 is 19.5 Å². The molecule has 2 aromatic rings. The SMILES string of the molecule is COc1cc(CNC(C)c2ccsc2)cc2c1OCO2.